The van der Waals surface area contributed by atoms with E-state index in [1.165, 1.54) is 0 Å². The van der Waals surface area contributed by atoms with E-state index >= 15 is 0 Å². The minimum Gasteiger partial charge on any atom is -0.381 e. The summed E-state index contributed by atoms with van der Waals surface area (Å²) in [5, 5.41) is 0. The molecule has 0 unspecified atom stereocenters. The number of halogens is 3. The highest BCUT2D eigenvalue weighted by molar-refractivity contribution is 5.76. The van der Waals surface area contributed by atoms with Crippen LogP contribution in [-0.4, -0.2) is 43.3 Å². The van der Waals surface area contributed by atoms with Crippen LogP contribution >= 0.6 is 0 Å². The number of alkyl halides is 3. The fraction of sp³-hybridized carbons (Fsp3) is 0.917. The Labute approximate surface area is 105 Å². The second-order valence-electron chi connectivity index (χ2n) is 4.69. The molecule has 0 aromatic rings. The zero-order chi connectivity index (χ0) is 13.6. The van der Waals surface area contributed by atoms with Crippen molar-refractivity contribution in [3.8, 4) is 0 Å². The van der Waals surface area contributed by atoms with Crippen LogP contribution in [0.2, 0.25) is 0 Å². The average Bonchev–Trinajstić information content (AvgIpc) is 2.28. The highest BCUT2D eigenvalue weighted by Gasteiger charge is 2.33. The molecule has 0 aromatic heterocycles. The molecule has 1 fully saturated rings. The first-order valence-electron chi connectivity index (χ1n) is 6.34. The molecule has 0 bridgehead atoms. The van der Waals surface area contributed by atoms with Crippen molar-refractivity contribution < 1.29 is 22.7 Å². The predicted molar refractivity (Wildman–Crippen MR) is 61.1 cm³/mol. The van der Waals surface area contributed by atoms with Gasteiger partial charge in [0.1, 0.15) is 6.54 Å². The number of hydrogen-bond acceptors (Lipinski definition) is 2. The first-order valence-corrected chi connectivity index (χ1v) is 6.34. The molecule has 1 saturated heterocycles. The summed E-state index contributed by atoms with van der Waals surface area (Å²) in [5.74, 6) is -0.222. The van der Waals surface area contributed by atoms with Crippen LogP contribution in [-0.2, 0) is 9.53 Å². The minimum atomic E-state index is -4.32. The fourth-order valence-corrected chi connectivity index (χ4v) is 2.10. The highest BCUT2D eigenvalue weighted by atomic mass is 19.4. The third-order valence-electron chi connectivity index (χ3n) is 3.02. The molecule has 1 amide bonds. The highest BCUT2D eigenvalue weighted by Crippen LogP contribution is 2.22. The van der Waals surface area contributed by atoms with Crippen molar-refractivity contribution in [3.05, 3.63) is 0 Å². The molecule has 0 saturated carbocycles. The SMILES string of the molecule is CCCN(CC(F)(F)F)C(=O)CC1CCOCC1. The smallest absolute Gasteiger partial charge is 0.381 e. The van der Waals surface area contributed by atoms with Crippen LogP contribution in [0.3, 0.4) is 0 Å². The molecule has 0 spiro atoms. The molecule has 1 rings (SSSR count). The summed E-state index contributed by atoms with van der Waals surface area (Å²) in [6.45, 7) is 2.01. The second-order valence-corrected chi connectivity index (χ2v) is 4.69. The largest absolute Gasteiger partial charge is 0.406 e. The van der Waals surface area contributed by atoms with Gasteiger partial charge < -0.3 is 9.64 Å². The van der Waals surface area contributed by atoms with Gasteiger partial charge in [-0.05, 0) is 25.2 Å². The first kappa shape index (κ1) is 15.3. The molecule has 1 heterocycles. The number of nitrogens with zero attached hydrogens (tertiary/aromatic N) is 1. The van der Waals surface area contributed by atoms with Gasteiger partial charge >= 0.3 is 6.18 Å². The van der Waals surface area contributed by atoms with Crippen molar-refractivity contribution in [2.75, 3.05) is 26.3 Å². The topological polar surface area (TPSA) is 29.5 Å². The fourth-order valence-electron chi connectivity index (χ4n) is 2.10. The summed E-state index contributed by atoms with van der Waals surface area (Å²) >= 11 is 0. The molecule has 0 aromatic carbocycles. The Morgan fingerprint density at radius 2 is 1.94 bits per heavy atom. The van der Waals surface area contributed by atoms with Gasteiger partial charge in [0, 0.05) is 26.2 Å². The molecule has 106 valence electrons. The van der Waals surface area contributed by atoms with Crippen LogP contribution in [0.25, 0.3) is 0 Å². The van der Waals surface area contributed by atoms with Crippen molar-refractivity contribution in [1.29, 1.82) is 0 Å². The standard InChI is InChI=1S/C12H20F3NO2/c1-2-5-16(9-12(13,14)15)11(17)8-10-3-6-18-7-4-10/h10H,2-9H2,1H3. The van der Waals surface area contributed by atoms with Crippen molar-refractivity contribution >= 4 is 5.91 Å². The average molecular weight is 267 g/mol. The maximum Gasteiger partial charge on any atom is 0.406 e. The van der Waals surface area contributed by atoms with Gasteiger partial charge in [-0.1, -0.05) is 6.92 Å². The van der Waals surface area contributed by atoms with Crippen LogP contribution in [0.15, 0.2) is 0 Å². The number of carbonyl (C=O) groups is 1. The van der Waals surface area contributed by atoms with Crippen LogP contribution in [0.1, 0.15) is 32.6 Å². The Bertz CT molecular complexity index is 263. The first-order chi connectivity index (χ1) is 8.42. The van der Waals surface area contributed by atoms with Gasteiger partial charge in [0.05, 0.1) is 0 Å². The molecule has 1 aliphatic rings. The van der Waals surface area contributed by atoms with Gasteiger partial charge in [-0.15, -0.1) is 0 Å². The van der Waals surface area contributed by atoms with E-state index < -0.39 is 12.7 Å². The van der Waals surface area contributed by atoms with Gasteiger partial charge in [-0.25, -0.2) is 0 Å². The lowest BCUT2D eigenvalue weighted by molar-refractivity contribution is -0.162. The van der Waals surface area contributed by atoms with E-state index in [2.05, 4.69) is 0 Å². The molecular weight excluding hydrogens is 247 g/mol. The molecule has 3 nitrogen and oxygen atoms in total. The Morgan fingerprint density at radius 1 is 1.33 bits per heavy atom. The Kier molecular flexibility index (Phi) is 5.91. The molecule has 0 aliphatic carbocycles. The molecule has 0 atom stereocenters. The number of rotatable bonds is 5. The van der Waals surface area contributed by atoms with Gasteiger partial charge in [0.25, 0.3) is 0 Å². The summed E-state index contributed by atoms with van der Waals surface area (Å²) in [5.41, 5.74) is 0. The summed E-state index contributed by atoms with van der Waals surface area (Å²) in [6, 6.07) is 0. The quantitative estimate of drug-likeness (QED) is 0.766. The molecule has 0 radical (unpaired) electrons. The van der Waals surface area contributed by atoms with Crippen LogP contribution in [0.5, 0.6) is 0 Å². The molecule has 1 aliphatic heterocycles. The minimum absolute atomic E-state index is 0.166. The number of ether oxygens (including phenoxy) is 1. The molecule has 0 N–H and O–H groups in total. The van der Waals surface area contributed by atoms with E-state index in [-0.39, 0.29) is 24.8 Å². The van der Waals surface area contributed by atoms with E-state index in [1.807, 2.05) is 0 Å². The lowest BCUT2D eigenvalue weighted by Crippen LogP contribution is -2.40. The lowest BCUT2D eigenvalue weighted by Gasteiger charge is -2.27. The zero-order valence-corrected chi connectivity index (χ0v) is 10.6. The van der Waals surface area contributed by atoms with E-state index in [9.17, 15) is 18.0 Å². The maximum absolute atomic E-state index is 12.4. The molecular formula is C12H20F3NO2. The van der Waals surface area contributed by atoms with Crippen LogP contribution in [0.4, 0.5) is 13.2 Å². The van der Waals surface area contributed by atoms with Crippen LogP contribution in [0, 0.1) is 5.92 Å². The van der Waals surface area contributed by atoms with Gasteiger partial charge in [0.15, 0.2) is 0 Å². The normalized spacial score (nSPS) is 17.8. The second kappa shape index (κ2) is 6.97. The van der Waals surface area contributed by atoms with Gasteiger partial charge in [0.2, 0.25) is 5.91 Å². The third-order valence-corrected chi connectivity index (χ3v) is 3.02. The molecule has 18 heavy (non-hydrogen) atoms. The predicted octanol–water partition coefficient (Wildman–Crippen LogP) is 2.60. The Balaban J connectivity index is 2.47. The zero-order valence-electron chi connectivity index (χ0n) is 10.6. The Hall–Kier alpha value is -0.780. The van der Waals surface area contributed by atoms with Gasteiger partial charge in [-0.2, -0.15) is 13.2 Å². The van der Waals surface area contributed by atoms with Gasteiger partial charge in [-0.3, -0.25) is 4.79 Å². The summed E-state index contributed by atoms with van der Waals surface area (Å²) < 4.78 is 42.2. The van der Waals surface area contributed by atoms with Crippen molar-refractivity contribution in [2.45, 2.75) is 38.8 Å². The van der Waals surface area contributed by atoms with Crippen LogP contribution < -0.4 is 0 Å². The van der Waals surface area contributed by atoms with E-state index in [0.29, 0.717) is 19.6 Å². The van der Waals surface area contributed by atoms with Crippen molar-refractivity contribution in [3.63, 3.8) is 0 Å². The summed E-state index contributed by atoms with van der Waals surface area (Å²) in [4.78, 5) is 12.8. The van der Waals surface area contributed by atoms with E-state index in [4.69, 9.17) is 4.74 Å². The number of hydrogen-bond donors (Lipinski definition) is 0. The number of carbonyl (C=O) groups excluding carboxylic acids is 1. The van der Waals surface area contributed by atoms with E-state index in [1.54, 1.807) is 6.92 Å². The Morgan fingerprint density at radius 3 is 2.44 bits per heavy atom. The lowest BCUT2D eigenvalue weighted by atomic mass is 9.96. The maximum atomic E-state index is 12.4. The van der Waals surface area contributed by atoms with Crippen molar-refractivity contribution in [1.82, 2.24) is 4.90 Å². The molecule has 6 heteroatoms. The monoisotopic (exact) mass is 267 g/mol. The van der Waals surface area contributed by atoms with E-state index in [0.717, 1.165) is 17.7 Å². The third kappa shape index (κ3) is 5.71. The summed E-state index contributed by atoms with van der Waals surface area (Å²) in [7, 11) is 0. The van der Waals surface area contributed by atoms with Crippen molar-refractivity contribution in [2.24, 2.45) is 5.92 Å². The summed E-state index contributed by atoms with van der Waals surface area (Å²) in [6.07, 6.45) is -2.05. The number of amides is 1.